The van der Waals surface area contributed by atoms with Gasteiger partial charge in [-0.1, -0.05) is 23.5 Å². The molecule has 3 heterocycles. The van der Waals surface area contributed by atoms with Crippen LogP contribution in [0.15, 0.2) is 40.0 Å². The number of aryl methyl sites for hydroxylation is 1. The summed E-state index contributed by atoms with van der Waals surface area (Å²) < 4.78 is 0. The molecular weight excluding hydrogens is 517 g/mol. The van der Waals surface area contributed by atoms with Gasteiger partial charge in [-0.05, 0) is 46.2 Å². The predicted molar refractivity (Wildman–Crippen MR) is 142 cm³/mol. The quantitative estimate of drug-likeness (QED) is 0.188. The van der Waals surface area contributed by atoms with Crippen molar-refractivity contribution in [3.8, 4) is 0 Å². The first-order valence-corrected chi connectivity index (χ1v) is 14.4. The second-order valence-corrected chi connectivity index (χ2v) is 12.0. The molecule has 0 radical (unpaired) electrons. The summed E-state index contributed by atoms with van der Waals surface area (Å²) in [6.45, 7) is 0. The Kier molecular flexibility index (Phi) is 10.5. The Morgan fingerprint density at radius 1 is 1.09 bits per heavy atom. The SMILES string of the molecule is N=C(CCSCCc1nnc(NC(=O)Cc2cccs2)s1)SC(N)=NC(=O)Cc1cccs1. The molecule has 8 nitrogen and oxygen atoms in total. The van der Waals surface area contributed by atoms with Crippen molar-refractivity contribution in [2.45, 2.75) is 25.7 Å². The van der Waals surface area contributed by atoms with E-state index in [-0.39, 0.29) is 23.4 Å². The van der Waals surface area contributed by atoms with Gasteiger partial charge in [0.25, 0.3) is 5.91 Å². The zero-order valence-corrected chi connectivity index (χ0v) is 21.6. The average Bonchev–Trinajstić information content (AvgIpc) is 3.51. The molecule has 33 heavy (non-hydrogen) atoms. The van der Waals surface area contributed by atoms with Crippen LogP contribution in [-0.2, 0) is 28.9 Å². The lowest BCUT2D eigenvalue weighted by molar-refractivity contribution is -0.117. The molecule has 0 spiro atoms. The van der Waals surface area contributed by atoms with E-state index in [1.165, 1.54) is 22.7 Å². The first kappa shape index (κ1) is 25.6. The molecule has 0 atom stereocenters. The molecule has 3 aromatic rings. The number of aliphatic imine (C=N–C) groups is 1. The Morgan fingerprint density at radius 2 is 1.82 bits per heavy atom. The molecule has 0 fully saturated rings. The maximum absolute atomic E-state index is 12.0. The fourth-order valence-electron chi connectivity index (χ4n) is 2.49. The zero-order chi connectivity index (χ0) is 23.5. The largest absolute Gasteiger partial charge is 0.378 e. The second kappa shape index (κ2) is 13.6. The van der Waals surface area contributed by atoms with Crippen molar-refractivity contribution in [3.63, 3.8) is 0 Å². The minimum Gasteiger partial charge on any atom is -0.378 e. The van der Waals surface area contributed by atoms with Crippen LogP contribution in [0.5, 0.6) is 0 Å². The van der Waals surface area contributed by atoms with Gasteiger partial charge in [0.1, 0.15) is 5.01 Å². The molecule has 0 aliphatic heterocycles. The van der Waals surface area contributed by atoms with Crippen molar-refractivity contribution in [1.29, 1.82) is 5.41 Å². The maximum atomic E-state index is 12.0. The Morgan fingerprint density at radius 3 is 2.52 bits per heavy atom. The topological polar surface area (TPSA) is 134 Å². The molecule has 4 N–H and O–H groups in total. The lowest BCUT2D eigenvalue weighted by Gasteiger charge is -2.03. The van der Waals surface area contributed by atoms with Crippen LogP contribution in [0.4, 0.5) is 5.13 Å². The molecule has 13 heteroatoms. The fourth-order valence-corrected chi connectivity index (χ4v) is 6.40. The van der Waals surface area contributed by atoms with Gasteiger partial charge >= 0.3 is 0 Å². The number of nitrogens with zero attached hydrogens (tertiary/aromatic N) is 3. The van der Waals surface area contributed by atoms with Crippen LogP contribution >= 0.6 is 57.5 Å². The van der Waals surface area contributed by atoms with E-state index < -0.39 is 0 Å². The summed E-state index contributed by atoms with van der Waals surface area (Å²) in [6.07, 6.45) is 1.85. The number of thiophene rings is 2. The minimum atomic E-state index is -0.302. The number of nitrogens with one attached hydrogen (secondary N) is 2. The number of anilines is 1. The van der Waals surface area contributed by atoms with Crippen molar-refractivity contribution >= 4 is 84.7 Å². The van der Waals surface area contributed by atoms with E-state index >= 15 is 0 Å². The third-order valence-electron chi connectivity index (χ3n) is 3.93. The van der Waals surface area contributed by atoms with Crippen LogP contribution in [0.25, 0.3) is 0 Å². The highest BCUT2D eigenvalue weighted by atomic mass is 32.2. The number of hydrogen-bond donors (Lipinski definition) is 3. The zero-order valence-electron chi connectivity index (χ0n) is 17.5. The van der Waals surface area contributed by atoms with Crippen LogP contribution in [-0.4, -0.2) is 43.7 Å². The number of amides is 2. The average molecular weight is 539 g/mol. The number of thioether (sulfide) groups is 2. The highest BCUT2D eigenvalue weighted by molar-refractivity contribution is 8.26. The van der Waals surface area contributed by atoms with Gasteiger partial charge in [0.15, 0.2) is 5.17 Å². The molecule has 0 unspecified atom stereocenters. The molecule has 3 aromatic heterocycles. The number of aromatic nitrogens is 2. The van der Waals surface area contributed by atoms with Crippen molar-refractivity contribution in [3.05, 3.63) is 49.8 Å². The summed E-state index contributed by atoms with van der Waals surface area (Å²) in [5, 5.41) is 24.7. The molecular formula is C20H22N6O2S5. The summed E-state index contributed by atoms with van der Waals surface area (Å²) >= 11 is 7.16. The van der Waals surface area contributed by atoms with E-state index in [2.05, 4.69) is 20.5 Å². The molecule has 0 aliphatic rings. The van der Waals surface area contributed by atoms with E-state index in [1.807, 2.05) is 35.0 Å². The monoisotopic (exact) mass is 538 g/mol. The van der Waals surface area contributed by atoms with Crippen molar-refractivity contribution < 1.29 is 9.59 Å². The van der Waals surface area contributed by atoms with Crippen LogP contribution in [0.3, 0.4) is 0 Å². The normalized spacial score (nSPS) is 11.5. The molecule has 174 valence electrons. The third kappa shape index (κ3) is 9.76. The van der Waals surface area contributed by atoms with Crippen LogP contribution in [0.2, 0.25) is 0 Å². The lowest BCUT2D eigenvalue weighted by atomic mass is 10.3. The van der Waals surface area contributed by atoms with Crippen LogP contribution < -0.4 is 11.1 Å². The number of carbonyl (C=O) groups excluding carboxylic acids is 2. The van der Waals surface area contributed by atoms with Crippen molar-refractivity contribution in [2.75, 3.05) is 16.8 Å². The number of hydrogen-bond acceptors (Lipinski definition) is 10. The number of carbonyl (C=O) groups is 2. The first-order valence-electron chi connectivity index (χ1n) is 9.85. The van der Waals surface area contributed by atoms with Gasteiger partial charge in [-0.2, -0.15) is 16.8 Å². The second-order valence-electron chi connectivity index (χ2n) is 6.54. The summed E-state index contributed by atoms with van der Waals surface area (Å²) in [7, 11) is 0. The molecule has 0 aliphatic carbocycles. The molecule has 0 saturated heterocycles. The van der Waals surface area contributed by atoms with E-state index in [1.54, 1.807) is 23.1 Å². The standard InChI is InChI=1S/C20H22N6O2S5/c21-15(32-19(22)23-16(27)11-13-3-1-7-30-13)5-9-29-10-6-18-25-26-20(33-18)24-17(28)12-14-4-2-8-31-14/h1-4,7-8,21H,5-6,9-12H2,(H2,22,23,27)(H,24,26,28). The third-order valence-corrected chi connectivity index (χ3v) is 8.32. The number of amidine groups is 1. The summed E-state index contributed by atoms with van der Waals surface area (Å²) in [6, 6.07) is 7.62. The first-order chi connectivity index (χ1) is 16.0. The Labute approximate surface area is 212 Å². The van der Waals surface area contributed by atoms with Crippen molar-refractivity contribution in [1.82, 2.24) is 10.2 Å². The Balaban J connectivity index is 1.28. The number of rotatable bonds is 11. The van der Waals surface area contributed by atoms with E-state index in [9.17, 15) is 9.59 Å². The summed E-state index contributed by atoms with van der Waals surface area (Å²) in [5.41, 5.74) is 5.79. The van der Waals surface area contributed by atoms with E-state index in [0.717, 1.165) is 44.5 Å². The van der Waals surface area contributed by atoms with Gasteiger partial charge in [0.2, 0.25) is 11.0 Å². The van der Waals surface area contributed by atoms with Gasteiger partial charge in [-0.3, -0.25) is 15.0 Å². The Bertz CT molecular complexity index is 1080. The van der Waals surface area contributed by atoms with Crippen LogP contribution in [0.1, 0.15) is 21.2 Å². The number of nitrogens with two attached hydrogens (primary N) is 1. The minimum absolute atomic E-state index is 0.0958. The Hall–Kier alpha value is -2.06. The molecule has 0 aromatic carbocycles. The van der Waals surface area contributed by atoms with Gasteiger partial charge in [0.05, 0.1) is 17.9 Å². The van der Waals surface area contributed by atoms with Gasteiger partial charge < -0.3 is 11.1 Å². The summed E-state index contributed by atoms with van der Waals surface area (Å²) in [4.78, 5) is 29.7. The van der Waals surface area contributed by atoms with Gasteiger partial charge in [0, 0.05) is 22.6 Å². The fraction of sp³-hybridized carbons (Fsp3) is 0.300. The predicted octanol–water partition coefficient (Wildman–Crippen LogP) is 4.30. The molecule has 2 amide bonds. The van der Waals surface area contributed by atoms with Crippen LogP contribution in [0, 0.1) is 5.41 Å². The van der Waals surface area contributed by atoms with E-state index in [4.69, 9.17) is 11.1 Å². The van der Waals surface area contributed by atoms with Gasteiger partial charge in [-0.15, -0.1) is 32.9 Å². The molecule has 0 bridgehead atoms. The molecule has 3 rings (SSSR count). The summed E-state index contributed by atoms with van der Waals surface area (Å²) in [5.74, 6) is 1.19. The highest BCUT2D eigenvalue weighted by Crippen LogP contribution is 2.19. The highest BCUT2D eigenvalue weighted by Gasteiger charge is 2.10. The van der Waals surface area contributed by atoms with Gasteiger partial charge in [-0.25, -0.2) is 0 Å². The smallest absolute Gasteiger partial charge is 0.253 e. The van der Waals surface area contributed by atoms with E-state index in [0.29, 0.717) is 23.0 Å². The molecule has 0 saturated carbocycles. The van der Waals surface area contributed by atoms with Crippen molar-refractivity contribution in [2.24, 2.45) is 10.7 Å². The lowest BCUT2D eigenvalue weighted by Crippen LogP contribution is -2.13. The maximum Gasteiger partial charge on any atom is 0.253 e.